The molecule has 0 radical (unpaired) electrons. The molecule has 2 heteroatoms. The van der Waals surface area contributed by atoms with Crippen LogP contribution in [0.3, 0.4) is 0 Å². The van der Waals surface area contributed by atoms with Gasteiger partial charge < -0.3 is 9.47 Å². The quantitative estimate of drug-likeness (QED) is 0.152. The molecule has 0 aliphatic rings. The van der Waals surface area contributed by atoms with Gasteiger partial charge in [0.25, 0.3) is 0 Å². The van der Waals surface area contributed by atoms with Crippen molar-refractivity contribution in [3.05, 3.63) is 231 Å². The summed E-state index contributed by atoms with van der Waals surface area (Å²) in [6.07, 6.45) is 0. The Bertz CT molecular complexity index is 2930. The fourth-order valence-electron chi connectivity index (χ4n) is 8.13. The van der Waals surface area contributed by atoms with Gasteiger partial charge in [0, 0.05) is 33.5 Å². The summed E-state index contributed by atoms with van der Waals surface area (Å²) in [6, 6.07) is 83.0. The summed E-state index contributed by atoms with van der Waals surface area (Å²) in [4.78, 5) is 2.40. The Balaban J connectivity index is 1.16. The first-order chi connectivity index (χ1) is 27.8. The van der Waals surface area contributed by atoms with Crippen molar-refractivity contribution in [2.45, 2.75) is 0 Å². The average molecular weight is 715 g/mol. The molecule has 0 N–H and O–H groups in total. The van der Waals surface area contributed by atoms with Crippen LogP contribution in [-0.4, -0.2) is 4.57 Å². The fourth-order valence-corrected chi connectivity index (χ4v) is 8.13. The van der Waals surface area contributed by atoms with E-state index in [1.807, 2.05) is 0 Å². The van der Waals surface area contributed by atoms with Crippen LogP contribution in [0.15, 0.2) is 231 Å². The number of para-hydroxylation sites is 1. The predicted octanol–water partition coefficient (Wildman–Crippen LogP) is 14.9. The van der Waals surface area contributed by atoms with Gasteiger partial charge in [0.15, 0.2) is 0 Å². The van der Waals surface area contributed by atoms with Crippen molar-refractivity contribution in [3.63, 3.8) is 0 Å². The SMILES string of the molecule is c1ccc(-c2cccc(-c3ccc(N(c4cccc(-c5ccccc5)c4)c4ccc5c(c4)c4c(-c6ccccc6)cccc4n5-c4ccccc4)cc3)c2)cc1. The molecule has 2 nitrogen and oxygen atoms in total. The first kappa shape index (κ1) is 33.2. The summed E-state index contributed by atoms with van der Waals surface area (Å²) in [5.41, 5.74) is 16.4. The van der Waals surface area contributed by atoms with E-state index in [0.717, 1.165) is 22.7 Å². The van der Waals surface area contributed by atoms with Crippen LogP contribution in [0, 0.1) is 0 Å². The molecule has 10 aromatic rings. The largest absolute Gasteiger partial charge is 0.310 e. The van der Waals surface area contributed by atoms with E-state index in [1.165, 1.54) is 66.3 Å². The lowest BCUT2D eigenvalue weighted by Gasteiger charge is -2.26. The summed E-state index contributed by atoms with van der Waals surface area (Å²) >= 11 is 0. The first-order valence-electron chi connectivity index (χ1n) is 19.2. The number of hydrogen-bond donors (Lipinski definition) is 0. The van der Waals surface area contributed by atoms with E-state index >= 15 is 0 Å². The Morgan fingerprint density at radius 3 is 1.41 bits per heavy atom. The van der Waals surface area contributed by atoms with Crippen molar-refractivity contribution in [2.24, 2.45) is 0 Å². The van der Waals surface area contributed by atoms with Crippen LogP contribution >= 0.6 is 0 Å². The lowest BCUT2D eigenvalue weighted by molar-refractivity contribution is 1.18. The molecular weight excluding hydrogens is 677 g/mol. The van der Waals surface area contributed by atoms with Crippen LogP contribution in [0.5, 0.6) is 0 Å². The predicted molar refractivity (Wildman–Crippen MR) is 237 cm³/mol. The van der Waals surface area contributed by atoms with Crippen molar-refractivity contribution in [3.8, 4) is 50.2 Å². The van der Waals surface area contributed by atoms with Gasteiger partial charge in [0.05, 0.1) is 11.0 Å². The van der Waals surface area contributed by atoms with Crippen molar-refractivity contribution in [1.29, 1.82) is 0 Å². The van der Waals surface area contributed by atoms with E-state index in [-0.39, 0.29) is 0 Å². The number of fused-ring (bicyclic) bond motifs is 3. The normalized spacial score (nSPS) is 11.2. The van der Waals surface area contributed by atoms with Crippen LogP contribution in [0.2, 0.25) is 0 Å². The Kier molecular flexibility index (Phi) is 8.55. The number of nitrogens with zero attached hydrogens (tertiary/aromatic N) is 2. The molecule has 0 unspecified atom stereocenters. The standard InChI is InChI=1S/C54H38N2/c1-5-16-39(17-6-1)43-22-13-23-44(36-43)41-30-32-47(33-31-41)55(48-27-14-24-45(37-48)40-18-7-2-8-19-40)49-34-35-52-51(38-49)54-50(42-20-9-3-10-21-42)28-15-29-53(54)56(52)46-25-11-4-12-26-46/h1-38H. The highest BCUT2D eigenvalue weighted by atomic mass is 15.1. The van der Waals surface area contributed by atoms with Gasteiger partial charge >= 0.3 is 0 Å². The zero-order valence-corrected chi connectivity index (χ0v) is 30.8. The van der Waals surface area contributed by atoms with Crippen LogP contribution in [0.1, 0.15) is 0 Å². The molecular formula is C54H38N2. The molecule has 10 rings (SSSR count). The van der Waals surface area contributed by atoms with Crippen molar-refractivity contribution < 1.29 is 0 Å². The van der Waals surface area contributed by atoms with Gasteiger partial charge in [-0.2, -0.15) is 0 Å². The maximum Gasteiger partial charge on any atom is 0.0547 e. The monoisotopic (exact) mass is 714 g/mol. The first-order valence-corrected chi connectivity index (χ1v) is 19.2. The number of hydrogen-bond acceptors (Lipinski definition) is 1. The van der Waals surface area contributed by atoms with Gasteiger partial charge in [0.2, 0.25) is 0 Å². The second-order valence-electron chi connectivity index (χ2n) is 14.2. The summed E-state index contributed by atoms with van der Waals surface area (Å²) in [5.74, 6) is 0. The molecule has 1 heterocycles. The summed E-state index contributed by atoms with van der Waals surface area (Å²) in [7, 11) is 0. The highest BCUT2D eigenvalue weighted by molar-refractivity contribution is 6.16. The van der Waals surface area contributed by atoms with Gasteiger partial charge in [-0.05, 0) is 111 Å². The maximum absolute atomic E-state index is 2.40. The molecule has 0 aliphatic heterocycles. The summed E-state index contributed by atoms with van der Waals surface area (Å²) < 4.78 is 2.40. The number of rotatable bonds is 8. The highest BCUT2D eigenvalue weighted by Crippen LogP contribution is 2.43. The molecule has 56 heavy (non-hydrogen) atoms. The summed E-state index contributed by atoms with van der Waals surface area (Å²) in [6.45, 7) is 0. The van der Waals surface area contributed by atoms with Gasteiger partial charge in [-0.25, -0.2) is 0 Å². The van der Waals surface area contributed by atoms with Crippen molar-refractivity contribution in [2.75, 3.05) is 4.90 Å². The van der Waals surface area contributed by atoms with Crippen LogP contribution in [-0.2, 0) is 0 Å². The second kappa shape index (κ2) is 14.4. The van der Waals surface area contributed by atoms with Crippen LogP contribution in [0.25, 0.3) is 72.0 Å². The van der Waals surface area contributed by atoms with Gasteiger partial charge in [-0.15, -0.1) is 0 Å². The van der Waals surface area contributed by atoms with E-state index in [1.54, 1.807) is 0 Å². The molecule has 9 aromatic carbocycles. The molecule has 0 amide bonds. The average Bonchev–Trinajstić information content (AvgIpc) is 3.62. The van der Waals surface area contributed by atoms with Crippen molar-refractivity contribution >= 4 is 38.9 Å². The van der Waals surface area contributed by atoms with E-state index in [4.69, 9.17) is 0 Å². The molecule has 1 aromatic heterocycles. The van der Waals surface area contributed by atoms with E-state index in [9.17, 15) is 0 Å². The van der Waals surface area contributed by atoms with Gasteiger partial charge in [-0.1, -0.05) is 164 Å². The molecule has 264 valence electrons. The van der Waals surface area contributed by atoms with Crippen LogP contribution < -0.4 is 4.90 Å². The molecule has 0 spiro atoms. The third-order valence-electron chi connectivity index (χ3n) is 10.8. The molecule has 0 bridgehead atoms. The molecule has 0 aliphatic carbocycles. The smallest absolute Gasteiger partial charge is 0.0547 e. The Morgan fingerprint density at radius 1 is 0.286 bits per heavy atom. The lowest BCUT2D eigenvalue weighted by Crippen LogP contribution is -2.10. The van der Waals surface area contributed by atoms with Gasteiger partial charge in [0.1, 0.15) is 0 Å². The molecule has 0 atom stereocenters. The zero-order valence-electron chi connectivity index (χ0n) is 30.8. The Labute approximate surface area is 327 Å². The zero-order chi connectivity index (χ0) is 37.3. The van der Waals surface area contributed by atoms with E-state index < -0.39 is 0 Å². The number of anilines is 3. The third kappa shape index (κ3) is 6.14. The topological polar surface area (TPSA) is 8.17 Å². The minimum atomic E-state index is 1.09. The fraction of sp³-hybridized carbons (Fsp3) is 0. The molecule has 0 saturated heterocycles. The molecule has 0 saturated carbocycles. The minimum absolute atomic E-state index is 1.09. The van der Waals surface area contributed by atoms with Crippen molar-refractivity contribution in [1.82, 2.24) is 4.57 Å². The summed E-state index contributed by atoms with van der Waals surface area (Å²) in [5, 5.41) is 2.45. The Hall–Kier alpha value is -7.42. The molecule has 0 fully saturated rings. The lowest BCUT2D eigenvalue weighted by atomic mass is 9.98. The number of aromatic nitrogens is 1. The Morgan fingerprint density at radius 2 is 0.768 bits per heavy atom. The minimum Gasteiger partial charge on any atom is -0.310 e. The third-order valence-corrected chi connectivity index (χ3v) is 10.8. The highest BCUT2D eigenvalue weighted by Gasteiger charge is 2.20. The second-order valence-corrected chi connectivity index (χ2v) is 14.2. The number of benzene rings is 9. The van der Waals surface area contributed by atoms with E-state index in [2.05, 4.69) is 240 Å². The maximum atomic E-state index is 2.40. The van der Waals surface area contributed by atoms with Gasteiger partial charge in [-0.3, -0.25) is 0 Å². The van der Waals surface area contributed by atoms with E-state index in [0.29, 0.717) is 0 Å². The van der Waals surface area contributed by atoms with Crippen LogP contribution in [0.4, 0.5) is 17.1 Å².